The molecule has 3 nitrogen and oxygen atoms in total. The lowest BCUT2D eigenvalue weighted by Gasteiger charge is -2.15. The van der Waals surface area contributed by atoms with E-state index in [1.165, 1.54) is 0 Å². The van der Waals surface area contributed by atoms with Crippen LogP contribution in [-0.2, 0) is 11.2 Å². The fourth-order valence-electron chi connectivity index (χ4n) is 1.89. The molecule has 1 aromatic rings. The van der Waals surface area contributed by atoms with Crippen LogP contribution in [-0.4, -0.2) is 24.5 Å². The van der Waals surface area contributed by atoms with Gasteiger partial charge < -0.3 is 10.6 Å². The van der Waals surface area contributed by atoms with Crippen LogP contribution in [0.25, 0.3) is 0 Å². The first kappa shape index (κ1) is 16.0. The smallest absolute Gasteiger partial charge is 0.221 e. The number of hydrogen-bond acceptors (Lipinski definition) is 2. The first-order valence-electron chi connectivity index (χ1n) is 6.74. The van der Waals surface area contributed by atoms with Crippen molar-refractivity contribution < 1.29 is 4.79 Å². The number of rotatable bonds is 7. The second kappa shape index (κ2) is 8.18. The Labute approximate surface area is 120 Å². The summed E-state index contributed by atoms with van der Waals surface area (Å²) in [6.07, 6.45) is 1.31. The molecule has 0 heterocycles. The van der Waals surface area contributed by atoms with Crippen LogP contribution in [0.15, 0.2) is 24.3 Å². The van der Waals surface area contributed by atoms with Gasteiger partial charge in [0.05, 0.1) is 0 Å². The van der Waals surface area contributed by atoms with E-state index in [0.717, 1.165) is 17.0 Å². The molecule has 0 saturated heterocycles. The van der Waals surface area contributed by atoms with Crippen molar-refractivity contribution in [3.8, 4) is 0 Å². The van der Waals surface area contributed by atoms with Gasteiger partial charge in [-0.3, -0.25) is 4.79 Å². The van der Waals surface area contributed by atoms with Gasteiger partial charge >= 0.3 is 0 Å². The van der Waals surface area contributed by atoms with Gasteiger partial charge in [0.25, 0.3) is 0 Å². The van der Waals surface area contributed by atoms with Gasteiger partial charge in [0.2, 0.25) is 5.91 Å². The van der Waals surface area contributed by atoms with Gasteiger partial charge in [0, 0.05) is 30.1 Å². The second-order valence-electron chi connectivity index (χ2n) is 5.16. The van der Waals surface area contributed by atoms with Crippen molar-refractivity contribution in [2.75, 3.05) is 6.54 Å². The van der Waals surface area contributed by atoms with Crippen LogP contribution in [0.2, 0.25) is 5.02 Å². The molecule has 1 unspecified atom stereocenters. The zero-order chi connectivity index (χ0) is 14.3. The second-order valence-corrected chi connectivity index (χ2v) is 5.60. The molecule has 0 aromatic heterocycles. The molecular weight excluding hydrogens is 260 g/mol. The summed E-state index contributed by atoms with van der Waals surface area (Å²) < 4.78 is 0. The molecule has 0 fully saturated rings. The molecule has 0 aliphatic carbocycles. The normalized spacial score (nSPS) is 12.5. The van der Waals surface area contributed by atoms with Crippen molar-refractivity contribution in [1.29, 1.82) is 0 Å². The number of hydrogen-bond donors (Lipinski definition) is 2. The van der Waals surface area contributed by atoms with E-state index in [1.807, 2.05) is 31.2 Å². The molecule has 0 aliphatic heterocycles. The van der Waals surface area contributed by atoms with Gasteiger partial charge in [-0.05, 0) is 31.0 Å². The van der Waals surface area contributed by atoms with E-state index in [0.29, 0.717) is 19.0 Å². The summed E-state index contributed by atoms with van der Waals surface area (Å²) >= 11 is 5.94. The first-order chi connectivity index (χ1) is 8.97. The summed E-state index contributed by atoms with van der Waals surface area (Å²) in [7, 11) is 0. The maximum Gasteiger partial charge on any atom is 0.221 e. The molecule has 19 heavy (non-hydrogen) atoms. The van der Waals surface area contributed by atoms with Gasteiger partial charge in [-0.25, -0.2) is 0 Å². The average Bonchev–Trinajstić information content (AvgIpc) is 2.27. The minimum absolute atomic E-state index is 0.0858. The number of nitrogens with one attached hydrogen (secondary N) is 2. The Morgan fingerprint density at radius 2 is 2.05 bits per heavy atom. The fraction of sp³-hybridized carbons (Fsp3) is 0.533. The summed E-state index contributed by atoms with van der Waals surface area (Å²) in [6.45, 7) is 6.86. The first-order valence-corrected chi connectivity index (χ1v) is 7.12. The molecular formula is C15H23ClN2O. The van der Waals surface area contributed by atoms with Crippen LogP contribution >= 0.6 is 11.6 Å². The Balaban J connectivity index is 2.30. The molecule has 0 aliphatic rings. The number of halogens is 1. The molecule has 4 heteroatoms. The zero-order valence-electron chi connectivity index (χ0n) is 11.9. The average molecular weight is 283 g/mol. The standard InChI is InChI=1S/C15H23ClN2O/c1-11(2)17-8-7-15(19)18-12(3)9-13-5-4-6-14(16)10-13/h4-6,10-12,17H,7-9H2,1-3H3,(H,18,19). The summed E-state index contributed by atoms with van der Waals surface area (Å²) in [6, 6.07) is 8.27. The fourth-order valence-corrected chi connectivity index (χ4v) is 2.10. The number of carbonyl (C=O) groups is 1. The molecule has 1 rings (SSSR count). The highest BCUT2D eigenvalue weighted by molar-refractivity contribution is 6.30. The van der Waals surface area contributed by atoms with Gasteiger partial charge in [-0.2, -0.15) is 0 Å². The van der Waals surface area contributed by atoms with E-state index in [2.05, 4.69) is 24.5 Å². The zero-order valence-corrected chi connectivity index (χ0v) is 12.6. The predicted octanol–water partition coefficient (Wildman–Crippen LogP) is 2.78. The number of benzene rings is 1. The molecule has 0 radical (unpaired) electrons. The summed E-state index contributed by atoms with van der Waals surface area (Å²) in [5.74, 6) is 0.0858. The lowest BCUT2D eigenvalue weighted by atomic mass is 10.1. The van der Waals surface area contributed by atoms with E-state index in [-0.39, 0.29) is 11.9 Å². The molecule has 1 amide bonds. The van der Waals surface area contributed by atoms with Gasteiger partial charge in [0.1, 0.15) is 0 Å². The van der Waals surface area contributed by atoms with E-state index in [4.69, 9.17) is 11.6 Å². The third kappa shape index (κ3) is 7.19. The van der Waals surface area contributed by atoms with Gasteiger partial charge in [0.15, 0.2) is 0 Å². The highest BCUT2D eigenvalue weighted by atomic mass is 35.5. The highest BCUT2D eigenvalue weighted by Crippen LogP contribution is 2.12. The number of carbonyl (C=O) groups excluding carboxylic acids is 1. The molecule has 0 spiro atoms. The summed E-state index contributed by atoms with van der Waals surface area (Å²) in [5.41, 5.74) is 1.14. The van der Waals surface area contributed by atoms with E-state index >= 15 is 0 Å². The van der Waals surface area contributed by atoms with Crippen molar-refractivity contribution in [2.24, 2.45) is 0 Å². The quantitative estimate of drug-likeness (QED) is 0.807. The molecule has 2 N–H and O–H groups in total. The Morgan fingerprint density at radius 1 is 1.32 bits per heavy atom. The van der Waals surface area contributed by atoms with Crippen LogP contribution in [0, 0.1) is 0 Å². The summed E-state index contributed by atoms with van der Waals surface area (Å²) in [4.78, 5) is 11.7. The van der Waals surface area contributed by atoms with Crippen molar-refractivity contribution in [3.63, 3.8) is 0 Å². The van der Waals surface area contributed by atoms with Crippen LogP contribution < -0.4 is 10.6 Å². The molecule has 1 atom stereocenters. The minimum atomic E-state index is 0.0858. The molecule has 0 saturated carbocycles. The van der Waals surface area contributed by atoms with Crippen molar-refractivity contribution in [2.45, 2.75) is 45.7 Å². The van der Waals surface area contributed by atoms with Crippen LogP contribution in [0.1, 0.15) is 32.8 Å². The maximum absolute atomic E-state index is 11.7. The summed E-state index contributed by atoms with van der Waals surface area (Å²) in [5, 5.41) is 6.96. The van der Waals surface area contributed by atoms with Crippen molar-refractivity contribution in [1.82, 2.24) is 10.6 Å². The Morgan fingerprint density at radius 3 is 2.68 bits per heavy atom. The Kier molecular flexibility index (Phi) is 6.89. The lowest BCUT2D eigenvalue weighted by molar-refractivity contribution is -0.121. The Bertz CT molecular complexity index is 407. The highest BCUT2D eigenvalue weighted by Gasteiger charge is 2.08. The topological polar surface area (TPSA) is 41.1 Å². The Hall–Kier alpha value is -1.06. The van der Waals surface area contributed by atoms with Crippen molar-refractivity contribution in [3.05, 3.63) is 34.9 Å². The lowest BCUT2D eigenvalue weighted by Crippen LogP contribution is -2.36. The van der Waals surface area contributed by atoms with Crippen LogP contribution in [0.4, 0.5) is 0 Å². The van der Waals surface area contributed by atoms with Gasteiger partial charge in [-0.15, -0.1) is 0 Å². The monoisotopic (exact) mass is 282 g/mol. The third-order valence-electron chi connectivity index (χ3n) is 2.74. The van der Waals surface area contributed by atoms with E-state index in [1.54, 1.807) is 0 Å². The van der Waals surface area contributed by atoms with Crippen molar-refractivity contribution >= 4 is 17.5 Å². The van der Waals surface area contributed by atoms with Crippen LogP contribution in [0.3, 0.4) is 0 Å². The maximum atomic E-state index is 11.7. The predicted molar refractivity (Wildman–Crippen MR) is 80.5 cm³/mol. The molecule has 1 aromatic carbocycles. The number of amides is 1. The molecule has 0 bridgehead atoms. The van der Waals surface area contributed by atoms with E-state index < -0.39 is 0 Å². The third-order valence-corrected chi connectivity index (χ3v) is 2.98. The van der Waals surface area contributed by atoms with E-state index in [9.17, 15) is 4.79 Å². The van der Waals surface area contributed by atoms with Gasteiger partial charge in [-0.1, -0.05) is 37.6 Å². The largest absolute Gasteiger partial charge is 0.353 e. The minimum Gasteiger partial charge on any atom is -0.353 e. The van der Waals surface area contributed by atoms with Crippen LogP contribution in [0.5, 0.6) is 0 Å². The SMILES string of the molecule is CC(C)NCCC(=O)NC(C)Cc1cccc(Cl)c1. The molecule has 106 valence electrons.